The Morgan fingerprint density at radius 2 is 2.12 bits per heavy atom. The van der Waals surface area contributed by atoms with E-state index >= 15 is 0 Å². The Bertz CT molecular complexity index is 815. The van der Waals surface area contributed by atoms with Crippen molar-refractivity contribution in [2.24, 2.45) is 0 Å². The number of carbonyl (C=O) groups excluding carboxylic acids is 1. The molecular weight excluding hydrogens is 302 g/mol. The molecule has 2 aromatic heterocycles. The van der Waals surface area contributed by atoms with Crippen LogP contribution in [0, 0.1) is 0 Å². The van der Waals surface area contributed by atoms with Gasteiger partial charge in [0.05, 0.1) is 6.04 Å². The van der Waals surface area contributed by atoms with Crippen molar-refractivity contribution in [1.29, 1.82) is 0 Å². The van der Waals surface area contributed by atoms with Gasteiger partial charge in [-0.25, -0.2) is 9.78 Å². The number of amides is 1. The number of fused-ring (bicyclic) bond motifs is 3. The van der Waals surface area contributed by atoms with Crippen molar-refractivity contribution in [1.82, 2.24) is 14.3 Å². The third kappa shape index (κ3) is 2.68. The number of aromatic nitrogens is 2. The van der Waals surface area contributed by atoms with Crippen LogP contribution in [-0.2, 0) is 4.74 Å². The molecule has 0 aliphatic carbocycles. The van der Waals surface area contributed by atoms with Crippen LogP contribution in [0.15, 0.2) is 36.8 Å². The zero-order valence-corrected chi connectivity index (χ0v) is 14.4. The molecule has 2 atom stereocenters. The molecular formula is C19H23N3O2. The van der Waals surface area contributed by atoms with Gasteiger partial charge in [-0.15, -0.1) is 0 Å². The van der Waals surface area contributed by atoms with E-state index in [1.54, 1.807) is 0 Å². The van der Waals surface area contributed by atoms with Crippen molar-refractivity contribution < 1.29 is 9.53 Å². The van der Waals surface area contributed by atoms with Crippen molar-refractivity contribution in [3.8, 4) is 0 Å². The molecule has 2 aliphatic rings. The maximum Gasteiger partial charge on any atom is 0.411 e. The average molecular weight is 325 g/mol. The first-order chi connectivity index (χ1) is 11.4. The number of imidazole rings is 1. The summed E-state index contributed by atoms with van der Waals surface area (Å²) in [4.78, 5) is 18.7. The van der Waals surface area contributed by atoms with Crippen LogP contribution in [0.3, 0.4) is 0 Å². The molecule has 1 fully saturated rings. The van der Waals surface area contributed by atoms with E-state index in [0.717, 1.165) is 24.9 Å². The molecule has 0 aromatic carbocycles. The Morgan fingerprint density at radius 3 is 2.88 bits per heavy atom. The molecule has 2 unspecified atom stereocenters. The van der Waals surface area contributed by atoms with Crippen molar-refractivity contribution in [3.63, 3.8) is 0 Å². The van der Waals surface area contributed by atoms with Gasteiger partial charge < -0.3 is 9.14 Å². The van der Waals surface area contributed by atoms with Gasteiger partial charge in [-0.1, -0.05) is 6.08 Å². The van der Waals surface area contributed by atoms with Crippen LogP contribution in [0.1, 0.15) is 45.6 Å². The molecule has 24 heavy (non-hydrogen) atoms. The number of rotatable bonds is 1. The van der Waals surface area contributed by atoms with Gasteiger partial charge in [0.25, 0.3) is 0 Å². The Kier molecular flexibility index (Phi) is 3.41. The average Bonchev–Trinajstić information content (AvgIpc) is 3.07. The van der Waals surface area contributed by atoms with Crippen molar-refractivity contribution in [2.75, 3.05) is 0 Å². The lowest BCUT2D eigenvalue weighted by molar-refractivity contribution is 0.0175. The fourth-order valence-electron chi connectivity index (χ4n) is 3.75. The monoisotopic (exact) mass is 325 g/mol. The van der Waals surface area contributed by atoms with E-state index in [2.05, 4.69) is 23.3 Å². The molecule has 1 saturated heterocycles. The van der Waals surface area contributed by atoms with Gasteiger partial charge in [-0.3, -0.25) is 4.90 Å². The summed E-state index contributed by atoms with van der Waals surface area (Å²) in [5.74, 6) is 0. The number of nitrogens with zero attached hydrogens (tertiary/aromatic N) is 3. The minimum Gasteiger partial charge on any atom is -0.444 e. The second kappa shape index (κ2) is 5.36. The lowest BCUT2D eigenvalue weighted by Crippen LogP contribution is -2.45. The van der Waals surface area contributed by atoms with Gasteiger partial charge in [-0.2, -0.15) is 0 Å². The van der Waals surface area contributed by atoms with Gasteiger partial charge in [0.2, 0.25) is 0 Å². The molecule has 2 aliphatic heterocycles. The second-order valence-corrected chi connectivity index (χ2v) is 7.69. The van der Waals surface area contributed by atoms with E-state index in [9.17, 15) is 4.79 Å². The Morgan fingerprint density at radius 1 is 1.29 bits per heavy atom. The summed E-state index contributed by atoms with van der Waals surface area (Å²) in [6.07, 6.45) is 10.9. The highest BCUT2D eigenvalue weighted by molar-refractivity contribution is 5.75. The molecule has 5 heteroatoms. The van der Waals surface area contributed by atoms with Crippen LogP contribution in [0.4, 0.5) is 4.79 Å². The number of hydrogen-bond acceptors (Lipinski definition) is 3. The molecule has 2 bridgehead atoms. The molecule has 4 heterocycles. The van der Waals surface area contributed by atoms with Crippen molar-refractivity contribution in [3.05, 3.63) is 42.4 Å². The van der Waals surface area contributed by atoms with Gasteiger partial charge in [0.1, 0.15) is 11.2 Å². The number of carbonyl (C=O) groups is 1. The van der Waals surface area contributed by atoms with E-state index in [1.165, 1.54) is 11.1 Å². The van der Waals surface area contributed by atoms with Crippen LogP contribution in [-0.4, -0.2) is 38.1 Å². The summed E-state index contributed by atoms with van der Waals surface area (Å²) >= 11 is 0. The Hall–Kier alpha value is -2.30. The van der Waals surface area contributed by atoms with Crippen LogP contribution in [0.2, 0.25) is 0 Å². The first-order valence-electron chi connectivity index (χ1n) is 8.56. The standard InChI is InChI=1S/C19H23N3O2/c1-19(2,3)24-18(23)22-15-5-6-16(22)11-14(10-15)13-4-7-17-20-8-9-21(17)12-13/h4,7-10,12,15-16H,5-6,11H2,1-3H3. The normalized spacial score (nSPS) is 23.5. The van der Waals surface area contributed by atoms with Crippen LogP contribution in [0.25, 0.3) is 11.2 Å². The van der Waals surface area contributed by atoms with E-state index in [1.807, 2.05) is 48.5 Å². The van der Waals surface area contributed by atoms with E-state index in [4.69, 9.17) is 4.74 Å². The highest BCUT2D eigenvalue weighted by Crippen LogP contribution is 2.39. The molecule has 0 spiro atoms. The maximum absolute atomic E-state index is 12.5. The topological polar surface area (TPSA) is 46.8 Å². The molecule has 5 nitrogen and oxygen atoms in total. The fourth-order valence-corrected chi connectivity index (χ4v) is 3.75. The molecule has 0 radical (unpaired) electrons. The molecule has 126 valence electrons. The third-order valence-electron chi connectivity index (χ3n) is 4.76. The predicted octanol–water partition coefficient (Wildman–Crippen LogP) is 3.89. The smallest absolute Gasteiger partial charge is 0.411 e. The minimum atomic E-state index is -0.451. The summed E-state index contributed by atoms with van der Waals surface area (Å²) in [6, 6.07) is 4.55. The van der Waals surface area contributed by atoms with Crippen molar-refractivity contribution in [2.45, 2.75) is 57.7 Å². The lowest BCUT2D eigenvalue weighted by atomic mass is 9.96. The van der Waals surface area contributed by atoms with Gasteiger partial charge in [-0.05, 0) is 63.3 Å². The molecule has 0 saturated carbocycles. The molecule has 2 aromatic rings. The van der Waals surface area contributed by atoms with E-state index < -0.39 is 5.60 Å². The summed E-state index contributed by atoms with van der Waals surface area (Å²) in [5.41, 5.74) is 3.03. The second-order valence-electron chi connectivity index (χ2n) is 7.69. The van der Waals surface area contributed by atoms with Crippen LogP contribution in [0.5, 0.6) is 0 Å². The SMILES string of the molecule is CC(C)(C)OC(=O)N1C2C=C(c3ccc4nccn4c3)CC1CC2. The highest BCUT2D eigenvalue weighted by atomic mass is 16.6. The number of ether oxygens (including phenoxy) is 1. The zero-order chi connectivity index (χ0) is 16.9. The Balaban J connectivity index is 1.60. The van der Waals surface area contributed by atoms with Gasteiger partial charge in [0, 0.05) is 24.6 Å². The van der Waals surface area contributed by atoms with Crippen LogP contribution < -0.4 is 0 Å². The Labute approximate surface area is 141 Å². The molecule has 0 N–H and O–H groups in total. The number of pyridine rings is 1. The maximum atomic E-state index is 12.5. The van der Waals surface area contributed by atoms with E-state index in [0.29, 0.717) is 0 Å². The summed E-state index contributed by atoms with van der Waals surface area (Å²) in [6.45, 7) is 5.75. The summed E-state index contributed by atoms with van der Waals surface area (Å²) < 4.78 is 7.63. The van der Waals surface area contributed by atoms with Crippen LogP contribution >= 0.6 is 0 Å². The largest absolute Gasteiger partial charge is 0.444 e. The minimum absolute atomic E-state index is 0.145. The molecule has 4 rings (SSSR count). The third-order valence-corrected chi connectivity index (χ3v) is 4.76. The zero-order valence-electron chi connectivity index (χ0n) is 14.4. The van der Waals surface area contributed by atoms with E-state index in [-0.39, 0.29) is 18.2 Å². The van der Waals surface area contributed by atoms with Crippen molar-refractivity contribution >= 4 is 17.3 Å². The number of hydrogen-bond donors (Lipinski definition) is 0. The summed E-state index contributed by atoms with van der Waals surface area (Å²) in [5, 5.41) is 0. The lowest BCUT2D eigenvalue weighted by Gasteiger charge is -2.35. The highest BCUT2D eigenvalue weighted by Gasteiger charge is 2.41. The quantitative estimate of drug-likeness (QED) is 0.799. The summed E-state index contributed by atoms with van der Waals surface area (Å²) in [7, 11) is 0. The molecule has 1 amide bonds. The fraction of sp³-hybridized carbons (Fsp3) is 0.474. The predicted molar refractivity (Wildman–Crippen MR) is 92.7 cm³/mol. The first kappa shape index (κ1) is 15.2. The first-order valence-corrected chi connectivity index (χ1v) is 8.56. The van der Waals surface area contributed by atoms with Gasteiger partial charge in [0.15, 0.2) is 0 Å². The van der Waals surface area contributed by atoms with Gasteiger partial charge >= 0.3 is 6.09 Å².